The maximum absolute atomic E-state index is 2.51. The number of hydrogen-bond donors (Lipinski definition) is 0. The summed E-state index contributed by atoms with van der Waals surface area (Å²) in [5.41, 5.74) is 16.0. The summed E-state index contributed by atoms with van der Waals surface area (Å²) in [5, 5.41) is 5.13. The van der Waals surface area contributed by atoms with Gasteiger partial charge in [0.15, 0.2) is 0 Å². The largest absolute Gasteiger partial charge is 0.308 e. The monoisotopic (exact) mass is 745 g/mol. The van der Waals surface area contributed by atoms with Crippen LogP contribution in [0.4, 0.5) is 17.1 Å². The minimum Gasteiger partial charge on any atom is -0.308 e. The number of thiophene rings is 1. The molecule has 10 aromatic rings. The van der Waals surface area contributed by atoms with Gasteiger partial charge in [0, 0.05) is 32.1 Å². The highest BCUT2D eigenvalue weighted by Gasteiger charge is 2.36. The molecule has 1 heterocycles. The summed E-state index contributed by atoms with van der Waals surface area (Å²) >= 11 is 1.88. The molecule has 0 aliphatic heterocycles. The maximum Gasteiger partial charge on any atom is 0.0640 e. The Morgan fingerprint density at radius 2 is 0.982 bits per heavy atom. The van der Waals surface area contributed by atoms with Gasteiger partial charge in [0.05, 0.1) is 16.1 Å². The van der Waals surface area contributed by atoms with Crippen LogP contribution in [0, 0.1) is 0 Å². The average Bonchev–Trinajstić information content (AvgIpc) is 3.76. The van der Waals surface area contributed by atoms with Gasteiger partial charge in [0.2, 0.25) is 0 Å². The van der Waals surface area contributed by atoms with Crippen molar-refractivity contribution in [2.75, 3.05) is 4.90 Å². The lowest BCUT2D eigenvalue weighted by molar-refractivity contribution is 0.660. The lowest BCUT2D eigenvalue weighted by atomic mass is 9.81. The first-order valence-corrected chi connectivity index (χ1v) is 20.6. The van der Waals surface area contributed by atoms with E-state index in [2.05, 4.69) is 219 Å². The highest BCUT2D eigenvalue weighted by Crippen LogP contribution is 2.53. The topological polar surface area (TPSA) is 3.24 Å². The Morgan fingerprint density at radius 1 is 0.386 bits per heavy atom. The molecule has 0 saturated carbocycles. The third kappa shape index (κ3) is 5.51. The van der Waals surface area contributed by atoms with E-state index in [1.807, 2.05) is 11.3 Å². The first-order chi connectivity index (χ1) is 28.0. The van der Waals surface area contributed by atoms with E-state index in [1.165, 1.54) is 92.3 Å². The Morgan fingerprint density at radius 3 is 1.84 bits per heavy atom. The fourth-order valence-corrected chi connectivity index (χ4v) is 10.3. The summed E-state index contributed by atoms with van der Waals surface area (Å²) in [6.07, 6.45) is 0. The molecule has 9 aromatic carbocycles. The van der Waals surface area contributed by atoms with Gasteiger partial charge in [0.25, 0.3) is 0 Å². The molecule has 11 rings (SSSR count). The number of fused-ring (bicyclic) bond motifs is 7. The number of rotatable bonds is 6. The summed E-state index contributed by atoms with van der Waals surface area (Å²) in [5.74, 6) is 0. The van der Waals surface area contributed by atoms with Crippen LogP contribution >= 0.6 is 11.3 Å². The van der Waals surface area contributed by atoms with E-state index in [9.17, 15) is 0 Å². The van der Waals surface area contributed by atoms with Crippen LogP contribution in [-0.4, -0.2) is 0 Å². The predicted octanol–water partition coefficient (Wildman–Crippen LogP) is 16.0. The molecule has 0 N–H and O–H groups in total. The number of anilines is 3. The zero-order valence-corrected chi connectivity index (χ0v) is 32.7. The fourth-order valence-electron chi connectivity index (χ4n) is 9.11. The summed E-state index contributed by atoms with van der Waals surface area (Å²) < 4.78 is 2.59. The lowest BCUT2D eigenvalue weighted by Gasteiger charge is -2.30. The Kier molecular flexibility index (Phi) is 7.77. The van der Waals surface area contributed by atoms with Gasteiger partial charge in [-0.15, -0.1) is 11.3 Å². The molecule has 0 fully saturated rings. The number of benzene rings is 9. The van der Waals surface area contributed by atoms with Crippen LogP contribution < -0.4 is 4.90 Å². The summed E-state index contributed by atoms with van der Waals surface area (Å²) in [7, 11) is 0. The van der Waals surface area contributed by atoms with Crippen LogP contribution in [0.15, 0.2) is 200 Å². The first kappa shape index (κ1) is 33.6. The first-order valence-electron chi connectivity index (χ1n) is 19.8. The molecule has 0 bridgehead atoms. The molecular formula is C55H39NS. The van der Waals surface area contributed by atoms with Crippen LogP contribution in [0.5, 0.6) is 0 Å². The fraction of sp³-hybridized carbons (Fsp3) is 0.0545. The highest BCUT2D eigenvalue weighted by molar-refractivity contribution is 7.26. The third-order valence-corrected chi connectivity index (χ3v) is 13.3. The lowest BCUT2D eigenvalue weighted by Crippen LogP contribution is -2.17. The third-order valence-electron chi connectivity index (χ3n) is 12.1. The molecule has 1 aliphatic rings. The van der Waals surface area contributed by atoms with Crippen molar-refractivity contribution < 1.29 is 0 Å². The van der Waals surface area contributed by atoms with E-state index >= 15 is 0 Å². The van der Waals surface area contributed by atoms with Crippen LogP contribution in [0.2, 0.25) is 0 Å². The molecule has 0 saturated heterocycles. The van der Waals surface area contributed by atoms with Crippen molar-refractivity contribution in [2.24, 2.45) is 0 Å². The molecule has 1 aromatic heterocycles. The molecule has 1 aliphatic carbocycles. The van der Waals surface area contributed by atoms with Gasteiger partial charge in [-0.05, 0) is 103 Å². The van der Waals surface area contributed by atoms with Crippen LogP contribution in [-0.2, 0) is 5.41 Å². The van der Waals surface area contributed by atoms with Gasteiger partial charge in [-0.2, -0.15) is 0 Å². The Labute approximate surface area is 337 Å². The molecular weight excluding hydrogens is 707 g/mol. The quantitative estimate of drug-likeness (QED) is 0.164. The van der Waals surface area contributed by atoms with Crippen molar-refractivity contribution in [3.05, 3.63) is 211 Å². The second kappa shape index (κ2) is 13.2. The van der Waals surface area contributed by atoms with Crippen LogP contribution in [0.1, 0.15) is 25.0 Å². The van der Waals surface area contributed by atoms with Gasteiger partial charge in [-0.3, -0.25) is 0 Å². The van der Waals surface area contributed by atoms with Gasteiger partial charge >= 0.3 is 0 Å². The van der Waals surface area contributed by atoms with Gasteiger partial charge in [-0.1, -0.05) is 172 Å². The number of nitrogens with zero attached hydrogens (tertiary/aromatic N) is 1. The van der Waals surface area contributed by atoms with Crippen molar-refractivity contribution in [1.82, 2.24) is 0 Å². The van der Waals surface area contributed by atoms with E-state index in [1.54, 1.807) is 0 Å². The molecule has 0 spiro atoms. The zero-order valence-electron chi connectivity index (χ0n) is 31.9. The van der Waals surface area contributed by atoms with Crippen LogP contribution in [0.25, 0.3) is 75.5 Å². The summed E-state index contributed by atoms with van der Waals surface area (Å²) in [4.78, 5) is 2.51. The van der Waals surface area contributed by atoms with Crippen molar-refractivity contribution in [2.45, 2.75) is 19.3 Å². The standard InChI is InChI=1S/C55H39NS/c1-55(2)49-34-42(41-28-25-37-15-6-7-16-40(37)33-41)29-31-45(49)46-32-30-43(35-50(46)55)56(52-21-12-19-48-47-18-9-11-22-53(47)57-54(48)52)51-20-10-8-17-44(51)39-26-23-38(24-27-39)36-13-4-3-5-14-36/h3-35H,1-2H3. The predicted molar refractivity (Wildman–Crippen MR) is 245 cm³/mol. The Balaban J connectivity index is 1.07. The molecule has 0 amide bonds. The van der Waals surface area contributed by atoms with E-state index in [0.717, 1.165) is 11.4 Å². The van der Waals surface area contributed by atoms with Gasteiger partial charge < -0.3 is 4.90 Å². The molecule has 0 atom stereocenters. The minimum absolute atomic E-state index is 0.199. The van der Waals surface area contributed by atoms with Crippen molar-refractivity contribution in [3.63, 3.8) is 0 Å². The summed E-state index contributed by atoms with van der Waals surface area (Å²) in [6.45, 7) is 4.79. The summed E-state index contributed by atoms with van der Waals surface area (Å²) in [6, 6.07) is 73.9. The normalized spacial score (nSPS) is 12.9. The molecule has 2 heteroatoms. The average molecular weight is 746 g/mol. The van der Waals surface area contributed by atoms with Gasteiger partial charge in [-0.25, -0.2) is 0 Å². The molecule has 0 radical (unpaired) electrons. The van der Waals surface area contributed by atoms with E-state index in [4.69, 9.17) is 0 Å². The van der Waals surface area contributed by atoms with E-state index < -0.39 is 0 Å². The maximum atomic E-state index is 2.51. The minimum atomic E-state index is -0.199. The SMILES string of the molecule is CC1(C)c2cc(-c3ccc4ccccc4c3)ccc2-c2ccc(N(c3ccccc3-c3ccc(-c4ccccc4)cc3)c3cccc4c3sc3ccccc34)cc21. The van der Waals surface area contributed by atoms with E-state index in [-0.39, 0.29) is 5.41 Å². The molecule has 57 heavy (non-hydrogen) atoms. The second-order valence-corrected chi connectivity index (χ2v) is 16.8. The number of hydrogen-bond acceptors (Lipinski definition) is 2. The zero-order chi connectivity index (χ0) is 38.1. The molecule has 0 unspecified atom stereocenters. The second-order valence-electron chi connectivity index (χ2n) is 15.7. The van der Waals surface area contributed by atoms with Crippen molar-refractivity contribution in [3.8, 4) is 44.5 Å². The molecule has 270 valence electrons. The highest BCUT2D eigenvalue weighted by atomic mass is 32.1. The number of para-hydroxylation sites is 1. The smallest absolute Gasteiger partial charge is 0.0640 e. The Bertz CT molecular complexity index is 3150. The van der Waals surface area contributed by atoms with Crippen molar-refractivity contribution in [1.29, 1.82) is 0 Å². The van der Waals surface area contributed by atoms with Crippen LogP contribution in [0.3, 0.4) is 0 Å². The molecule has 1 nitrogen and oxygen atoms in total. The van der Waals surface area contributed by atoms with Crippen molar-refractivity contribution >= 4 is 59.3 Å². The van der Waals surface area contributed by atoms with E-state index in [0.29, 0.717) is 0 Å². The Hall–Kier alpha value is -6.74. The van der Waals surface area contributed by atoms with Gasteiger partial charge in [0.1, 0.15) is 0 Å².